The van der Waals surface area contributed by atoms with Gasteiger partial charge in [0, 0.05) is 41.2 Å². The molecule has 0 saturated heterocycles. The molecule has 3 aromatic carbocycles. The normalized spacial score (nSPS) is 12.2. The first-order chi connectivity index (χ1) is 15.4. The topological polar surface area (TPSA) is 78.5 Å². The number of rotatable bonds is 5. The summed E-state index contributed by atoms with van der Waals surface area (Å²) in [5.74, 6) is -1.10. The van der Waals surface area contributed by atoms with Crippen molar-refractivity contribution in [3.8, 4) is 0 Å². The number of benzene rings is 3. The number of fused-ring (bicyclic) bond motifs is 1. The van der Waals surface area contributed by atoms with Crippen LogP contribution in [-0.4, -0.2) is 24.3 Å². The van der Waals surface area contributed by atoms with Gasteiger partial charge < -0.3 is 15.5 Å². The molecule has 0 aliphatic carbocycles. The van der Waals surface area contributed by atoms with Gasteiger partial charge in [-0.15, -0.1) is 0 Å². The number of hydrogen-bond donors (Lipinski definition) is 2. The van der Waals surface area contributed by atoms with Crippen molar-refractivity contribution in [2.24, 2.45) is 0 Å². The van der Waals surface area contributed by atoms with E-state index in [1.165, 1.54) is 18.2 Å². The monoisotopic (exact) mass is 431 g/mol. The lowest BCUT2D eigenvalue weighted by molar-refractivity contribution is -0.118. The molecule has 7 heteroatoms. The summed E-state index contributed by atoms with van der Waals surface area (Å²) >= 11 is 0. The van der Waals surface area contributed by atoms with Crippen LogP contribution in [0.3, 0.4) is 0 Å². The van der Waals surface area contributed by atoms with Gasteiger partial charge in [-0.3, -0.25) is 14.4 Å². The highest BCUT2D eigenvalue weighted by Gasteiger charge is 2.24. The highest BCUT2D eigenvalue weighted by atomic mass is 19.1. The molecule has 4 rings (SSSR count). The Labute approximate surface area is 185 Å². The molecule has 0 bridgehead atoms. The number of carbonyl (C=O) groups is 3. The molecule has 0 atom stereocenters. The Kier molecular flexibility index (Phi) is 5.98. The molecule has 0 saturated carbocycles. The lowest BCUT2D eigenvalue weighted by atomic mass is 10.1. The first kappa shape index (κ1) is 21.2. The van der Waals surface area contributed by atoms with Gasteiger partial charge in [-0.25, -0.2) is 4.39 Å². The van der Waals surface area contributed by atoms with Crippen molar-refractivity contribution in [3.05, 3.63) is 89.2 Å². The number of amides is 3. The number of anilines is 3. The van der Waals surface area contributed by atoms with E-state index in [2.05, 4.69) is 10.6 Å². The smallest absolute Gasteiger partial charge is 0.255 e. The number of carbonyl (C=O) groups excluding carboxylic acids is 3. The molecular formula is C25H22FN3O3. The molecule has 3 amide bonds. The summed E-state index contributed by atoms with van der Waals surface area (Å²) in [5, 5.41) is 5.44. The Morgan fingerprint density at radius 2 is 1.53 bits per heavy atom. The first-order valence-corrected chi connectivity index (χ1v) is 10.4. The Hall–Kier alpha value is -4.00. The van der Waals surface area contributed by atoms with Crippen LogP contribution in [0.2, 0.25) is 0 Å². The summed E-state index contributed by atoms with van der Waals surface area (Å²) in [5.41, 5.74) is 3.43. The summed E-state index contributed by atoms with van der Waals surface area (Å²) in [6.07, 6.45) is 1.14. The molecule has 2 N–H and O–H groups in total. The van der Waals surface area contributed by atoms with Gasteiger partial charge in [-0.1, -0.05) is 19.1 Å². The second-order valence-corrected chi connectivity index (χ2v) is 7.49. The zero-order valence-electron chi connectivity index (χ0n) is 17.5. The number of halogens is 1. The van der Waals surface area contributed by atoms with Crippen LogP contribution in [0.1, 0.15) is 39.6 Å². The third kappa shape index (κ3) is 4.51. The third-order valence-electron chi connectivity index (χ3n) is 5.31. The fourth-order valence-electron chi connectivity index (χ4n) is 3.70. The summed E-state index contributed by atoms with van der Waals surface area (Å²) in [4.78, 5) is 39.1. The Balaban J connectivity index is 1.46. The zero-order valence-corrected chi connectivity index (χ0v) is 17.5. The van der Waals surface area contributed by atoms with Crippen molar-refractivity contribution in [1.82, 2.24) is 0 Å². The summed E-state index contributed by atoms with van der Waals surface area (Å²) in [6, 6.07) is 17.4. The largest absolute Gasteiger partial charge is 0.322 e. The van der Waals surface area contributed by atoms with Crippen molar-refractivity contribution >= 4 is 34.8 Å². The van der Waals surface area contributed by atoms with Crippen molar-refractivity contribution < 1.29 is 18.8 Å². The van der Waals surface area contributed by atoms with Gasteiger partial charge in [0.1, 0.15) is 5.82 Å². The molecule has 162 valence electrons. The van der Waals surface area contributed by atoms with E-state index in [9.17, 15) is 18.8 Å². The van der Waals surface area contributed by atoms with E-state index in [0.29, 0.717) is 41.9 Å². The van der Waals surface area contributed by atoms with Crippen molar-refractivity contribution in [1.29, 1.82) is 0 Å². The maximum Gasteiger partial charge on any atom is 0.255 e. The van der Waals surface area contributed by atoms with Crippen molar-refractivity contribution in [3.63, 3.8) is 0 Å². The van der Waals surface area contributed by atoms with E-state index in [0.717, 1.165) is 11.3 Å². The fourth-order valence-corrected chi connectivity index (χ4v) is 3.70. The van der Waals surface area contributed by atoms with Crippen LogP contribution < -0.4 is 15.5 Å². The molecular weight excluding hydrogens is 409 g/mol. The zero-order chi connectivity index (χ0) is 22.7. The van der Waals surface area contributed by atoms with Crippen LogP contribution in [0, 0.1) is 5.82 Å². The molecule has 0 unspecified atom stereocenters. The van der Waals surface area contributed by atoms with Crippen molar-refractivity contribution in [2.45, 2.75) is 19.8 Å². The van der Waals surface area contributed by atoms with Crippen LogP contribution in [0.4, 0.5) is 21.5 Å². The molecule has 32 heavy (non-hydrogen) atoms. The standard InChI is InChI=1S/C25H22FN3O3/c1-2-23(30)29-12-11-16-13-18(9-10-22(16)29)25(32)27-20-7-3-5-17(14-20)24(31)28-21-8-4-6-19(26)15-21/h3-10,13-15H,2,11-12H2,1H3,(H,27,32)(H,28,31). The maximum atomic E-state index is 13.3. The Morgan fingerprint density at radius 3 is 2.22 bits per heavy atom. The highest BCUT2D eigenvalue weighted by Crippen LogP contribution is 2.29. The van der Waals surface area contributed by atoms with E-state index in [-0.39, 0.29) is 11.8 Å². The highest BCUT2D eigenvalue weighted by molar-refractivity contribution is 6.08. The number of nitrogens with one attached hydrogen (secondary N) is 2. The van der Waals surface area contributed by atoms with E-state index in [1.807, 2.05) is 6.92 Å². The minimum atomic E-state index is -0.444. The third-order valence-corrected chi connectivity index (χ3v) is 5.31. The predicted molar refractivity (Wildman–Crippen MR) is 122 cm³/mol. The lowest BCUT2D eigenvalue weighted by Gasteiger charge is -2.16. The van der Waals surface area contributed by atoms with E-state index in [1.54, 1.807) is 53.4 Å². The van der Waals surface area contributed by atoms with E-state index in [4.69, 9.17) is 0 Å². The van der Waals surface area contributed by atoms with Gasteiger partial charge in [0.15, 0.2) is 0 Å². The molecule has 0 aromatic heterocycles. The maximum absolute atomic E-state index is 13.3. The van der Waals surface area contributed by atoms with E-state index < -0.39 is 11.7 Å². The fraction of sp³-hybridized carbons (Fsp3) is 0.160. The van der Waals surface area contributed by atoms with Gasteiger partial charge in [-0.2, -0.15) is 0 Å². The number of nitrogens with zero attached hydrogens (tertiary/aromatic N) is 1. The molecule has 1 heterocycles. The average molecular weight is 431 g/mol. The van der Waals surface area contributed by atoms with Crippen LogP contribution >= 0.6 is 0 Å². The molecule has 3 aromatic rings. The number of hydrogen-bond acceptors (Lipinski definition) is 3. The second-order valence-electron chi connectivity index (χ2n) is 7.49. The van der Waals surface area contributed by atoms with Gasteiger partial charge in [-0.05, 0) is 66.6 Å². The Morgan fingerprint density at radius 1 is 0.875 bits per heavy atom. The lowest BCUT2D eigenvalue weighted by Crippen LogP contribution is -2.27. The first-order valence-electron chi connectivity index (χ1n) is 10.4. The predicted octanol–water partition coefficient (Wildman–Crippen LogP) is 4.63. The van der Waals surface area contributed by atoms with Gasteiger partial charge in [0.2, 0.25) is 5.91 Å². The van der Waals surface area contributed by atoms with Crippen LogP contribution in [0.5, 0.6) is 0 Å². The summed E-state index contributed by atoms with van der Waals surface area (Å²) in [7, 11) is 0. The second kappa shape index (κ2) is 9.01. The minimum absolute atomic E-state index is 0.0642. The SMILES string of the molecule is CCC(=O)N1CCc2cc(C(=O)Nc3cccc(C(=O)Nc4cccc(F)c4)c3)ccc21. The quantitative estimate of drug-likeness (QED) is 0.618. The van der Waals surface area contributed by atoms with Gasteiger partial charge in [0.05, 0.1) is 0 Å². The van der Waals surface area contributed by atoms with Crippen molar-refractivity contribution in [2.75, 3.05) is 22.1 Å². The minimum Gasteiger partial charge on any atom is -0.322 e. The summed E-state index contributed by atoms with van der Waals surface area (Å²) < 4.78 is 13.3. The molecule has 6 nitrogen and oxygen atoms in total. The average Bonchev–Trinajstić information content (AvgIpc) is 3.22. The van der Waals surface area contributed by atoms with Crippen LogP contribution in [0.25, 0.3) is 0 Å². The van der Waals surface area contributed by atoms with Crippen LogP contribution in [0.15, 0.2) is 66.7 Å². The van der Waals surface area contributed by atoms with Gasteiger partial charge >= 0.3 is 0 Å². The van der Waals surface area contributed by atoms with Gasteiger partial charge in [0.25, 0.3) is 11.8 Å². The Bertz CT molecular complexity index is 1210. The molecule has 1 aliphatic heterocycles. The molecule has 1 aliphatic rings. The summed E-state index contributed by atoms with van der Waals surface area (Å²) in [6.45, 7) is 2.45. The van der Waals surface area contributed by atoms with E-state index >= 15 is 0 Å². The molecule has 0 radical (unpaired) electrons. The van der Waals surface area contributed by atoms with Crippen LogP contribution in [-0.2, 0) is 11.2 Å². The molecule has 0 spiro atoms. The molecule has 0 fully saturated rings.